The van der Waals surface area contributed by atoms with Crippen molar-refractivity contribution in [2.24, 2.45) is 11.3 Å². The van der Waals surface area contributed by atoms with E-state index in [4.69, 9.17) is 10.5 Å². The van der Waals surface area contributed by atoms with Crippen molar-refractivity contribution in [1.82, 2.24) is 5.32 Å². The van der Waals surface area contributed by atoms with Crippen LogP contribution in [0.1, 0.15) is 37.0 Å². The molecule has 1 aromatic rings. The fourth-order valence-corrected chi connectivity index (χ4v) is 2.34. The summed E-state index contributed by atoms with van der Waals surface area (Å²) in [6.45, 7) is 5.15. The topological polar surface area (TPSA) is 64.3 Å². The second kappa shape index (κ2) is 5.11. The molecule has 0 heterocycles. The minimum Gasteiger partial charge on any atom is -0.497 e. The van der Waals surface area contributed by atoms with Crippen LogP contribution >= 0.6 is 0 Å². The van der Waals surface area contributed by atoms with Crippen LogP contribution in [0.2, 0.25) is 0 Å². The van der Waals surface area contributed by atoms with Crippen LogP contribution in [-0.2, 0) is 0 Å². The van der Waals surface area contributed by atoms with Gasteiger partial charge in [-0.2, -0.15) is 0 Å². The lowest BCUT2D eigenvalue weighted by Gasteiger charge is -2.20. The van der Waals surface area contributed by atoms with Crippen molar-refractivity contribution in [1.29, 1.82) is 0 Å². The molecule has 0 unspecified atom stereocenters. The molecule has 1 aliphatic carbocycles. The number of nitrogens with two attached hydrogens (primary N) is 1. The number of hydrogen-bond donors (Lipinski definition) is 2. The number of ether oxygens (including phenoxy) is 1. The van der Waals surface area contributed by atoms with Crippen LogP contribution in [0.25, 0.3) is 0 Å². The number of benzene rings is 1. The molecule has 0 atom stereocenters. The average Bonchev–Trinajstić information content (AvgIpc) is 3.17. The monoisotopic (exact) mass is 262 g/mol. The number of amides is 1. The molecular weight excluding hydrogens is 240 g/mol. The maximum Gasteiger partial charge on any atom is 0.253 e. The molecule has 1 aliphatic rings. The summed E-state index contributed by atoms with van der Waals surface area (Å²) in [5.74, 6) is 1.16. The number of carbonyl (C=O) groups is 1. The van der Waals surface area contributed by atoms with Crippen molar-refractivity contribution in [3.8, 4) is 5.75 Å². The minimum absolute atomic E-state index is 0.105. The van der Waals surface area contributed by atoms with E-state index >= 15 is 0 Å². The number of rotatable bonds is 5. The maximum atomic E-state index is 12.1. The van der Waals surface area contributed by atoms with Crippen molar-refractivity contribution < 1.29 is 9.53 Å². The first kappa shape index (κ1) is 13.7. The zero-order valence-electron chi connectivity index (χ0n) is 11.8. The second-order valence-electron chi connectivity index (χ2n) is 5.65. The van der Waals surface area contributed by atoms with Crippen LogP contribution in [0, 0.1) is 11.3 Å². The average molecular weight is 262 g/mol. The highest BCUT2D eigenvalue weighted by atomic mass is 16.5. The van der Waals surface area contributed by atoms with E-state index in [9.17, 15) is 4.79 Å². The Morgan fingerprint density at radius 1 is 1.47 bits per heavy atom. The zero-order chi connectivity index (χ0) is 14.0. The molecule has 1 fully saturated rings. The largest absolute Gasteiger partial charge is 0.497 e. The molecule has 0 spiro atoms. The first-order valence-electron chi connectivity index (χ1n) is 6.70. The summed E-state index contributed by atoms with van der Waals surface area (Å²) in [6, 6.07) is 5.13. The summed E-state index contributed by atoms with van der Waals surface area (Å²) in [4.78, 5) is 12.1. The van der Waals surface area contributed by atoms with Crippen molar-refractivity contribution in [3.63, 3.8) is 0 Å². The van der Waals surface area contributed by atoms with E-state index in [-0.39, 0.29) is 5.91 Å². The summed E-state index contributed by atoms with van der Waals surface area (Å²) in [7, 11) is 1.58. The first-order chi connectivity index (χ1) is 8.98. The highest BCUT2D eigenvalue weighted by molar-refractivity contribution is 5.99. The second-order valence-corrected chi connectivity index (χ2v) is 5.65. The number of methoxy groups -OCH3 is 1. The van der Waals surface area contributed by atoms with Crippen LogP contribution in [0.5, 0.6) is 5.75 Å². The van der Waals surface area contributed by atoms with Crippen LogP contribution in [-0.4, -0.2) is 19.6 Å². The van der Waals surface area contributed by atoms with Gasteiger partial charge >= 0.3 is 0 Å². The molecule has 0 aliphatic heterocycles. The lowest BCUT2D eigenvalue weighted by molar-refractivity contribution is 0.0940. The fourth-order valence-electron chi connectivity index (χ4n) is 2.34. The lowest BCUT2D eigenvalue weighted by Crippen LogP contribution is -2.32. The Morgan fingerprint density at radius 3 is 2.63 bits per heavy atom. The number of nitrogens with one attached hydrogen (secondary N) is 1. The molecule has 1 amide bonds. The Labute approximate surface area is 114 Å². The number of nitrogen functional groups attached to an aromatic ring is 1. The molecule has 19 heavy (non-hydrogen) atoms. The summed E-state index contributed by atoms with van der Waals surface area (Å²) in [5.41, 5.74) is 7.14. The number of hydrogen-bond acceptors (Lipinski definition) is 3. The summed E-state index contributed by atoms with van der Waals surface area (Å²) in [5, 5.41) is 3.00. The third kappa shape index (κ3) is 2.83. The molecule has 4 nitrogen and oxygen atoms in total. The van der Waals surface area contributed by atoms with Gasteiger partial charge in [0.1, 0.15) is 5.75 Å². The van der Waals surface area contributed by atoms with Crippen molar-refractivity contribution in [2.75, 3.05) is 19.4 Å². The van der Waals surface area contributed by atoms with Gasteiger partial charge in [0, 0.05) is 18.3 Å². The van der Waals surface area contributed by atoms with E-state index in [0.717, 1.165) is 6.54 Å². The van der Waals surface area contributed by atoms with Gasteiger partial charge in [-0.15, -0.1) is 0 Å². The van der Waals surface area contributed by atoms with E-state index < -0.39 is 0 Å². The standard InChI is InChI=1S/C15H22N2O2/c1-10(2)15(6-7-15)9-17-14(18)12-5-4-11(19-3)8-13(12)16/h4-5,8,10H,6-7,9,16H2,1-3H3,(H,17,18). The van der Waals surface area contributed by atoms with Gasteiger partial charge in [-0.1, -0.05) is 13.8 Å². The fraction of sp³-hybridized carbons (Fsp3) is 0.533. The predicted octanol–water partition coefficient (Wildman–Crippen LogP) is 2.44. The van der Waals surface area contributed by atoms with Crippen LogP contribution in [0.3, 0.4) is 0 Å². The molecule has 1 aromatic carbocycles. The maximum absolute atomic E-state index is 12.1. The smallest absolute Gasteiger partial charge is 0.253 e. The number of carbonyl (C=O) groups excluding carboxylic acids is 1. The Hall–Kier alpha value is -1.71. The van der Waals surface area contributed by atoms with Gasteiger partial charge in [-0.3, -0.25) is 4.79 Å². The molecule has 104 valence electrons. The third-order valence-electron chi connectivity index (χ3n) is 4.22. The summed E-state index contributed by atoms with van der Waals surface area (Å²) in [6.07, 6.45) is 2.39. The van der Waals surface area contributed by atoms with Gasteiger partial charge in [0.2, 0.25) is 0 Å². The highest BCUT2D eigenvalue weighted by Crippen LogP contribution is 2.51. The molecule has 1 saturated carbocycles. The van der Waals surface area contributed by atoms with Gasteiger partial charge in [0.25, 0.3) is 5.91 Å². The molecule has 0 aromatic heterocycles. The molecule has 0 radical (unpaired) electrons. The van der Waals surface area contributed by atoms with Crippen molar-refractivity contribution in [3.05, 3.63) is 23.8 Å². The van der Waals surface area contributed by atoms with Crippen LogP contribution in [0.4, 0.5) is 5.69 Å². The van der Waals surface area contributed by atoms with E-state index in [1.165, 1.54) is 12.8 Å². The Kier molecular flexibility index (Phi) is 3.69. The predicted molar refractivity (Wildman–Crippen MR) is 76.2 cm³/mol. The quantitative estimate of drug-likeness (QED) is 0.801. The molecule has 3 N–H and O–H groups in total. The third-order valence-corrected chi connectivity index (χ3v) is 4.22. The lowest BCUT2D eigenvalue weighted by atomic mass is 9.92. The molecule has 2 rings (SSSR count). The number of anilines is 1. The molecule has 0 saturated heterocycles. The van der Waals surface area contributed by atoms with E-state index in [0.29, 0.717) is 28.3 Å². The van der Waals surface area contributed by atoms with Crippen molar-refractivity contribution in [2.45, 2.75) is 26.7 Å². The minimum atomic E-state index is -0.105. The van der Waals surface area contributed by atoms with Gasteiger partial charge in [-0.05, 0) is 36.3 Å². The van der Waals surface area contributed by atoms with Gasteiger partial charge in [0.05, 0.1) is 12.7 Å². The summed E-state index contributed by atoms with van der Waals surface area (Å²) < 4.78 is 5.07. The summed E-state index contributed by atoms with van der Waals surface area (Å²) >= 11 is 0. The van der Waals surface area contributed by atoms with Gasteiger partial charge in [-0.25, -0.2) is 0 Å². The van der Waals surface area contributed by atoms with Gasteiger partial charge < -0.3 is 15.8 Å². The molecule has 4 heteroatoms. The van der Waals surface area contributed by atoms with E-state index in [1.807, 2.05) is 0 Å². The van der Waals surface area contributed by atoms with Crippen molar-refractivity contribution >= 4 is 11.6 Å². The SMILES string of the molecule is COc1ccc(C(=O)NCC2(C(C)C)CC2)c(N)c1. The highest BCUT2D eigenvalue weighted by Gasteiger charge is 2.45. The zero-order valence-corrected chi connectivity index (χ0v) is 11.8. The Morgan fingerprint density at radius 2 is 2.16 bits per heavy atom. The van der Waals surface area contributed by atoms with E-state index in [2.05, 4.69) is 19.2 Å². The van der Waals surface area contributed by atoms with Crippen LogP contribution < -0.4 is 15.8 Å². The molecular formula is C15H22N2O2. The van der Waals surface area contributed by atoms with Gasteiger partial charge in [0.15, 0.2) is 0 Å². The van der Waals surface area contributed by atoms with E-state index in [1.54, 1.807) is 25.3 Å². The Balaban J connectivity index is 2.00. The Bertz CT molecular complexity index is 479. The van der Waals surface area contributed by atoms with Crippen LogP contribution in [0.15, 0.2) is 18.2 Å². The molecule has 0 bridgehead atoms. The normalized spacial score (nSPS) is 16.2. The first-order valence-corrected chi connectivity index (χ1v) is 6.70.